The molecule has 1 aromatic heterocycles. The molecule has 1 heterocycles. The van der Waals surface area contributed by atoms with Gasteiger partial charge in [0.25, 0.3) is 0 Å². The first-order valence-electron chi connectivity index (χ1n) is 6.09. The van der Waals surface area contributed by atoms with E-state index in [1.807, 2.05) is 21.0 Å². The molecule has 2 rings (SSSR count). The topological polar surface area (TPSA) is 39.1 Å². The lowest BCUT2D eigenvalue weighted by Gasteiger charge is -2.10. The summed E-state index contributed by atoms with van der Waals surface area (Å²) in [5.41, 5.74) is 3.52. The van der Waals surface area contributed by atoms with E-state index in [4.69, 9.17) is 4.74 Å². The molecular formula is C14H18FN3O. The molecule has 0 spiro atoms. The maximum Gasteiger partial charge on any atom is 0.127 e. The van der Waals surface area contributed by atoms with Gasteiger partial charge in [-0.3, -0.25) is 4.68 Å². The molecule has 4 nitrogen and oxygen atoms in total. The van der Waals surface area contributed by atoms with Gasteiger partial charge in [-0.15, -0.1) is 0 Å². The van der Waals surface area contributed by atoms with Crippen molar-refractivity contribution in [3.05, 3.63) is 35.4 Å². The molecule has 2 aromatic rings. The number of rotatable bonds is 4. The predicted molar refractivity (Wildman–Crippen MR) is 72.7 cm³/mol. The summed E-state index contributed by atoms with van der Waals surface area (Å²) >= 11 is 0. The van der Waals surface area contributed by atoms with Crippen molar-refractivity contribution in [1.29, 1.82) is 0 Å². The van der Waals surface area contributed by atoms with Gasteiger partial charge in [0.15, 0.2) is 0 Å². The van der Waals surface area contributed by atoms with Gasteiger partial charge in [0.2, 0.25) is 0 Å². The maximum absolute atomic E-state index is 13.5. The van der Waals surface area contributed by atoms with Crippen molar-refractivity contribution in [1.82, 2.24) is 15.1 Å². The molecular weight excluding hydrogens is 245 g/mol. The minimum Gasteiger partial charge on any atom is -0.496 e. The molecule has 0 saturated heterocycles. The molecule has 5 heteroatoms. The fourth-order valence-corrected chi connectivity index (χ4v) is 2.19. The largest absolute Gasteiger partial charge is 0.496 e. The smallest absolute Gasteiger partial charge is 0.127 e. The van der Waals surface area contributed by atoms with E-state index in [1.54, 1.807) is 17.9 Å². The SMILES string of the molecule is CNCc1nn(C)c(C)c1-c1cc(F)ccc1OC. The van der Waals surface area contributed by atoms with Crippen LogP contribution < -0.4 is 10.1 Å². The van der Waals surface area contributed by atoms with Gasteiger partial charge in [-0.25, -0.2) is 4.39 Å². The quantitative estimate of drug-likeness (QED) is 0.919. The van der Waals surface area contributed by atoms with Crippen LogP contribution in [0.4, 0.5) is 4.39 Å². The van der Waals surface area contributed by atoms with Gasteiger partial charge in [0.1, 0.15) is 11.6 Å². The number of nitrogens with zero attached hydrogens (tertiary/aromatic N) is 2. The van der Waals surface area contributed by atoms with E-state index in [0.29, 0.717) is 12.3 Å². The third kappa shape index (κ3) is 2.46. The van der Waals surface area contributed by atoms with Crippen molar-refractivity contribution in [2.75, 3.05) is 14.2 Å². The van der Waals surface area contributed by atoms with Crippen LogP contribution in [0.3, 0.4) is 0 Å². The number of methoxy groups -OCH3 is 1. The van der Waals surface area contributed by atoms with Crippen molar-refractivity contribution in [2.24, 2.45) is 7.05 Å². The van der Waals surface area contributed by atoms with Gasteiger partial charge >= 0.3 is 0 Å². The average Bonchev–Trinajstić information content (AvgIpc) is 2.65. The Morgan fingerprint density at radius 1 is 1.42 bits per heavy atom. The summed E-state index contributed by atoms with van der Waals surface area (Å²) in [6.45, 7) is 2.59. The molecule has 1 N–H and O–H groups in total. The van der Waals surface area contributed by atoms with Crippen LogP contribution >= 0.6 is 0 Å². The van der Waals surface area contributed by atoms with Crippen LogP contribution in [0.2, 0.25) is 0 Å². The second-order valence-electron chi connectivity index (χ2n) is 4.41. The van der Waals surface area contributed by atoms with Crippen LogP contribution in [0.25, 0.3) is 11.1 Å². The molecule has 0 saturated carbocycles. The predicted octanol–water partition coefficient (Wildman–Crippen LogP) is 2.26. The van der Waals surface area contributed by atoms with Crippen LogP contribution in [-0.2, 0) is 13.6 Å². The van der Waals surface area contributed by atoms with Gasteiger partial charge in [-0.1, -0.05) is 0 Å². The molecule has 102 valence electrons. The zero-order valence-electron chi connectivity index (χ0n) is 11.6. The third-order valence-corrected chi connectivity index (χ3v) is 3.18. The van der Waals surface area contributed by atoms with E-state index in [1.165, 1.54) is 12.1 Å². The molecule has 0 unspecified atom stereocenters. The number of aromatic nitrogens is 2. The first-order chi connectivity index (χ1) is 9.08. The molecule has 1 aromatic carbocycles. The third-order valence-electron chi connectivity index (χ3n) is 3.18. The van der Waals surface area contributed by atoms with E-state index in [2.05, 4.69) is 10.4 Å². The molecule has 0 bridgehead atoms. The number of nitrogens with one attached hydrogen (secondary N) is 1. The lowest BCUT2D eigenvalue weighted by atomic mass is 10.0. The second kappa shape index (κ2) is 5.40. The lowest BCUT2D eigenvalue weighted by molar-refractivity contribution is 0.415. The van der Waals surface area contributed by atoms with Crippen LogP contribution in [0.1, 0.15) is 11.4 Å². The number of halogens is 1. The number of hydrogen-bond acceptors (Lipinski definition) is 3. The average molecular weight is 263 g/mol. The first-order valence-corrected chi connectivity index (χ1v) is 6.09. The highest BCUT2D eigenvalue weighted by Gasteiger charge is 2.18. The van der Waals surface area contributed by atoms with Crippen molar-refractivity contribution < 1.29 is 9.13 Å². The number of aryl methyl sites for hydroxylation is 1. The van der Waals surface area contributed by atoms with Gasteiger partial charge in [0.05, 0.1) is 12.8 Å². The Labute approximate surface area is 112 Å². The van der Waals surface area contributed by atoms with Crippen molar-refractivity contribution in [3.63, 3.8) is 0 Å². The molecule has 0 amide bonds. The Hall–Kier alpha value is -1.88. The standard InChI is InChI=1S/C14H18FN3O/c1-9-14(12(8-16-2)17-18(9)3)11-7-10(15)5-6-13(11)19-4/h5-7,16H,8H2,1-4H3. The molecule has 0 atom stereocenters. The van der Waals surface area contributed by atoms with E-state index < -0.39 is 0 Å². The van der Waals surface area contributed by atoms with E-state index in [9.17, 15) is 4.39 Å². The number of benzene rings is 1. The van der Waals surface area contributed by atoms with Crippen molar-refractivity contribution >= 4 is 0 Å². The highest BCUT2D eigenvalue weighted by atomic mass is 19.1. The zero-order valence-corrected chi connectivity index (χ0v) is 11.6. The maximum atomic E-state index is 13.5. The lowest BCUT2D eigenvalue weighted by Crippen LogP contribution is -2.07. The summed E-state index contributed by atoms with van der Waals surface area (Å²) < 4.78 is 20.7. The summed E-state index contributed by atoms with van der Waals surface area (Å²) in [6, 6.07) is 4.52. The van der Waals surface area contributed by atoms with E-state index in [0.717, 1.165) is 22.5 Å². The fraction of sp³-hybridized carbons (Fsp3) is 0.357. The Morgan fingerprint density at radius 2 is 2.16 bits per heavy atom. The van der Waals surface area contributed by atoms with Crippen LogP contribution in [0, 0.1) is 12.7 Å². The van der Waals surface area contributed by atoms with E-state index in [-0.39, 0.29) is 5.82 Å². The first kappa shape index (κ1) is 13.5. The van der Waals surface area contributed by atoms with Crippen molar-refractivity contribution in [2.45, 2.75) is 13.5 Å². The Bertz CT molecular complexity index is 593. The van der Waals surface area contributed by atoms with Crippen LogP contribution in [0.5, 0.6) is 5.75 Å². The Morgan fingerprint density at radius 3 is 2.79 bits per heavy atom. The zero-order chi connectivity index (χ0) is 14.0. The summed E-state index contributed by atoms with van der Waals surface area (Å²) in [7, 11) is 5.32. The minimum atomic E-state index is -0.283. The molecule has 0 radical (unpaired) electrons. The molecule has 0 fully saturated rings. The second-order valence-corrected chi connectivity index (χ2v) is 4.41. The highest BCUT2D eigenvalue weighted by molar-refractivity contribution is 5.74. The molecule has 0 aliphatic rings. The Balaban J connectivity index is 2.66. The summed E-state index contributed by atoms with van der Waals surface area (Å²) in [5, 5.41) is 7.53. The monoisotopic (exact) mass is 263 g/mol. The fourth-order valence-electron chi connectivity index (χ4n) is 2.19. The van der Waals surface area contributed by atoms with Gasteiger partial charge in [0, 0.05) is 30.4 Å². The van der Waals surface area contributed by atoms with Gasteiger partial charge in [-0.05, 0) is 32.2 Å². The normalized spacial score (nSPS) is 10.8. The van der Waals surface area contributed by atoms with Crippen LogP contribution in [-0.4, -0.2) is 23.9 Å². The Kier molecular flexibility index (Phi) is 3.85. The highest BCUT2D eigenvalue weighted by Crippen LogP contribution is 2.35. The van der Waals surface area contributed by atoms with Crippen molar-refractivity contribution in [3.8, 4) is 16.9 Å². The molecule has 0 aliphatic heterocycles. The molecule has 0 aliphatic carbocycles. The van der Waals surface area contributed by atoms with Gasteiger partial charge in [-0.2, -0.15) is 5.10 Å². The number of hydrogen-bond donors (Lipinski definition) is 1. The minimum absolute atomic E-state index is 0.283. The molecule has 19 heavy (non-hydrogen) atoms. The summed E-state index contributed by atoms with van der Waals surface area (Å²) in [6.07, 6.45) is 0. The summed E-state index contributed by atoms with van der Waals surface area (Å²) in [5.74, 6) is 0.365. The van der Waals surface area contributed by atoms with Crippen LogP contribution in [0.15, 0.2) is 18.2 Å². The number of ether oxygens (including phenoxy) is 1. The summed E-state index contributed by atoms with van der Waals surface area (Å²) in [4.78, 5) is 0. The van der Waals surface area contributed by atoms with Gasteiger partial charge < -0.3 is 10.1 Å². The van der Waals surface area contributed by atoms with E-state index >= 15 is 0 Å².